The van der Waals surface area contributed by atoms with Gasteiger partial charge in [-0.25, -0.2) is 0 Å². The van der Waals surface area contributed by atoms with E-state index in [4.69, 9.17) is 5.73 Å². The van der Waals surface area contributed by atoms with Crippen molar-refractivity contribution in [2.45, 2.75) is 18.9 Å². The van der Waals surface area contributed by atoms with Crippen LogP contribution in [0.4, 0.5) is 0 Å². The highest BCUT2D eigenvalue weighted by Gasteiger charge is 2.17. The monoisotopic (exact) mass is 389 g/mol. The summed E-state index contributed by atoms with van der Waals surface area (Å²) in [5.74, 6) is -0.0259. The predicted molar refractivity (Wildman–Crippen MR) is 114 cm³/mol. The maximum Gasteiger partial charge on any atom is 0.253 e. The Morgan fingerprint density at radius 2 is 1.59 bits per heavy atom. The Morgan fingerprint density at radius 1 is 0.931 bits per heavy atom. The van der Waals surface area contributed by atoms with Crippen molar-refractivity contribution in [2.75, 3.05) is 19.7 Å². The van der Waals surface area contributed by atoms with Gasteiger partial charge in [-0.15, -0.1) is 0 Å². The molecule has 1 unspecified atom stereocenters. The first-order valence-electron chi connectivity index (χ1n) is 9.86. The number of nitrogens with zero attached hydrogens (tertiary/aromatic N) is 2. The molecule has 5 heteroatoms. The van der Waals surface area contributed by atoms with Crippen molar-refractivity contribution < 1.29 is 9.90 Å². The van der Waals surface area contributed by atoms with E-state index in [9.17, 15) is 9.90 Å². The molecular weight excluding hydrogens is 362 g/mol. The van der Waals surface area contributed by atoms with Crippen LogP contribution in [-0.4, -0.2) is 40.6 Å². The van der Waals surface area contributed by atoms with E-state index in [0.29, 0.717) is 18.7 Å². The molecule has 150 valence electrons. The molecule has 29 heavy (non-hydrogen) atoms. The number of rotatable bonds is 9. The zero-order chi connectivity index (χ0) is 20.5. The zero-order valence-electron chi connectivity index (χ0n) is 16.4. The van der Waals surface area contributed by atoms with Crippen molar-refractivity contribution in [3.05, 3.63) is 101 Å². The first kappa shape index (κ1) is 20.7. The maximum atomic E-state index is 13.3. The molecule has 0 aliphatic heterocycles. The molecule has 1 amide bonds. The topological polar surface area (TPSA) is 79.5 Å². The third-order valence-corrected chi connectivity index (χ3v) is 4.98. The zero-order valence-corrected chi connectivity index (χ0v) is 16.4. The van der Waals surface area contributed by atoms with Crippen molar-refractivity contribution in [2.24, 2.45) is 5.73 Å². The average molecular weight is 389 g/mol. The van der Waals surface area contributed by atoms with E-state index in [1.54, 1.807) is 24.5 Å². The van der Waals surface area contributed by atoms with E-state index in [2.05, 4.69) is 17.1 Å². The van der Waals surface area contributed by atoms with Crippen LogP contribution in [0.1, 0.15) is 33.1 Å². The van der Waals surface area contributed by atoms with E-state index in [0.717, 1.165) is 24.0 Å². The van der Waals surface area contributed by atoms with Crippen molar-refractivity contribution in [1.82, 2.24) is 9.88 Å². The molecule has 0 bridgehead atoms. The van der Waals surface area contributed by atoms with Crippen LogP contribution in [-0.2, 0) is 12.8 Å². The van der Waals surface area contributed by atoms with Crippen LogP contribution >= 0.6 is 0 Å². The van der Waals surface area contributed by atoms with Gasteiger partial charge in [-0.3, -0.25) is 9.78 Å². The summed E-state index contributed by atoms with van der Waals surface area (Å²) in [6.07, 6.45) is 5.09. The van der Waals surface area contributed by atoms with E-state index in [-0.39, 0.29) is 12.5 Å². The molecule has 1 atom stereocenters. The lowest BCUT2D eigenvalue weighted by atomic mass is 10.0. The maximum absolute atomic E-state index is 13.3. The molecule has 0 spiro atoms. The van der Waals surface area contributed by atoms with Gasteiger partial charge >= 0.3 is 0 Å². The predicted octanol–water partition coefficient (Wildman–Crippen LogP) is 3.00. The third-order valence-electron chi connectivity index (χ3n) is 4.98. The molecule has 0 saturated carbocycles. The van der Waals surface area contributed by atoms with Crippen molar-refractivity contribution in [3.63, 3.8) is 0 Å². The number of carbonyl (C=O) groups excluding carboxylic acids is 1. The molecular formula is C24H27N3O2. The van der Waals surface area contributed by atoms with Gasteiger partial charge in [0, 0.05) is 31.0 Å². The highest BCUT2D eigenvalue weighted by atomic mass is 16.3. The summed E-state index contributed by atoms with van der Waals surface area (Å²) in [5, 5.41) is 9.32. The lowest BCUT2D eigenvalue weighted by molar-refractivity contribution is 0.0759. The Hall–Kier alpha value is -3.02. The highest BCUT2D eigenvalue weighted by molar-refractivity contribution is 5.94. The average Bonchev–Trinajstić information content (AvgIpc) is 2.79. The number of amides is 1. The summed E-state index contributed by atoms with van der Waals surface area (Å²) >= 11 is 0. The summed E-state index contributed by atoms with van der Waals surface area (Å²) in [7, 11) is 0. The Kier molecular flexibility index (Phi) is 7.50. The second-order valence-electron chi connectivity index (χ2n) is 7.05. The van der Waals surface area contributed by atoms with Gasteiger partial charge in [0.1, 0.15) is 0 Å². The van der Waals surface area contributed by atoms with Crippen LogP contribution in [0.25, 0.3) is 0 Å². The lowest BCUT2D eigenvalue weighted by Gasteiger charge is -2.23. The molecule has 3 N–H and O–H groups in total. The summed E-state index contributed by atoms with van der Waals surface area (Å²) < 4.78 is 0. The van der Waals surface area contributed by atoms with E-state index in [1.807, 2.05) is 47.4 Å². The third kappa shape index (κ3) is 5.98. The number of pyridine rings is 1. The molecule has 0 aliphatic rings. The summed E-state index contributed by atoms with van der Waals surface area (Å²) in [6, 6.07) is 20.9. The first-order chi connectivity index (χ1) is 14.2. The minimum atomic E-state index is -0.489. The Morgan fingerprint density at radius 3 is 2.24 bits per heavy atom. The molecule has 0 aliphatic carbocycles. The standard InChI is InChI=1S/C24H27N3O2/c25-23(18-28)21-7-4-8-22(17-21)24(29)27(15-11-19-5-2-1-3-6-19)16-12-20-9-13-26-14-10-20/h1-10,13-14,17,23,28H,11-12,15-16,18,25H2. The van der Waals surface area contributed by atoms with Gasteiger partial charge in [0.25, 0.3) is 5.91 Å². The SMILES string of the molecule is NC(CO)c1cccc(C(=O)N(CCc2ccccc2)CCc2ccncc2)c1. The number of aromatic nitrogens is 1. The number of benzene rings is 2. The minimum Gasteiger partial charge on any atom is -0.394 e. The molecule has 0 fully saturated rings. The van der Waals surface area contributed by atoms with Gasteiger partial charge in [0.2, 0.25) is 0 Å². The number of carbonyl (C=O) groups is 1. The molecule has 1 aromatic heterocycles. The lowest BCUT2D eigenvalue weighted by Crippen LogP contribution is -2.35. The summed E-state index contributed by atoms with van der Waals surface area (Å²) in [5.41, 5.74) is 9.63. The van der Waals surface area contributed by atoms with Gasteiger partial charge in [-0.05, 0) is 53.8 Å². The molecule has 1 heterocycles. The van der Waals surface area contributed by atoms with Crippen LogP contribution in [0.5, 0.6) is 0 Å². The van der Waals surface area contributed by atoms with Crippen LogP contribution in [0, 0.1) is 0 Å². The van der Waals surface area contributed by atoms with Crippen LogP contribution < -0.4 is 5.73 Å². The Balaban J connectivity index is 1.76. The summed E-state index contributed by atoms with van der Waals surface area (Å²) in [4.78, 5) is 19.2. The Labute approximate surface area is 171 Å². The van der Waals surface area contributed by atoms with E-state index < -0.39 is 6.04 Å². The fraction of sp³-hybridized carbons (Fsp3) is 0.250. The number of hydrogen-bond acceptors (Lipinski definition) is 4. The number of nitrogens with two attached hydrogens (primary N) is 1. The Bertz CT molecular complexity index is 857. The normalized spacial score (nSPS) is 11.8. The fourth-order valence-electron chi connectivity index (χ4n) is 3.23. The van der Waals surface area contributed by atoms with Gasteiger partial charge in [-0.2, -0.15) is 0 Å². The first-order valence-corrected chi connectivity index (χ1v) is 9.86. The number of aliphatic hydroxyl groups is 1. The molecule has 5 nitrogen and oxygen atoms in total. The largest absolute Gasteiger partial charge is 0.394 e. The molecule has 0 radical (unpaired) electrons. The number of hydrogen-bond donors (Lipinski definition) is 2. The van der Waals surface area contributed by atoms with Crippen molar-refractivity contribution in [1.29, 1.82) is 0 Å². The fourth-order valence-corrected chi connectivity index (χ4v) is 3.23. The summed E-state index contributed by atoms with van der Waals surface area (Å²) in [6.45, 7) is 1.09. The van der Waals surface area contributed by atoms with Crippen molar-refractivity contribution >= 4 is 5.91 Å². The molecule has 3 aromatic rings. The number of aliphatic hydroxyl groups excluding tert-OH is 1. The smallest absolute Gasteiger partial charge is 0.253 e. The molecule has 0 saturated heterocycles. The van der Waals surface area contributed by atoms with Gasteiger partial charge < -0.3 is 15.7 Å². The van der Waals surface area contributed by atoms with Crippen LogP contribution in [0.3, 0.4) is 0 Å². The van der Waals surface area contributed by atoms with Gasteiger partial charge in [0.05, 0.1) is 12.6 Å². The molecule has 3 rings (SSSR count). The minimum absolute atomic E-state index is 0.0259. The van der Waals surface area contributed by atoms with E-state index >= 15 is 0 Å². The highest BCUT2D eigenvalue weighted by Crippen LogP contribution is 2.15. The quantitative estimate of drug-likeness (QED) is 0.590. The molecule has 2 aromatic carbocycles. The second-order valence-corrected chi connectivity index (χ2v) is 7.05. The van der Waals surface area contributed by atoms with Gasteiger partial charge in [-0.1, -0.05) is 42.5 Å². The van der Waals surface area contributed by atoms with Crippen LogP contribution in [0.15, 0.2) is 79.1 Å². The second kappa shape index (κ2) is 10.5. The van der Waals surface area contributed by atoms with Gasteiger partial charge in [0.15, 0.2) is 0 Å². The van der Waals surface area contributed by atoms with E-state index in [1.165, 1.54) is 5.56 Å². The van der Waals surface area contributed by atoms with Crippen LogP contribution in [0.2, 0.25) is 0 Å². The van der Waals surface area contributed by atoms with Crippen molar-refractivity contribution in [3.8, 4) is 0 Å².